The fourth-order valence-corrected chi connectivity index (χ4v) is 2.11. The normalized spacial score (nSPS) is 21.7. The van der Waals surface area contributed by atoms with Crippen LogP contribution in [0.4, 0.5) is 0 Å². The van der Waals surface area contributed by atoms with Crippen molar-refractivity contribution in [2.45, 2.75) is 53.4 Å². The van der Waals surface area contributed by atoms with Crippen molar-refractivity contribution in [2.75, 3.05) is 6.54 Å². The minimum atomic E-state index is 0.275. The molecule has 1 fully saturated rings. The average Bonchev–Trinajstić information content (AvgIpc) is 2.14. The number of nitrogens with one attached hydrogen (secondary N) is 1. The Morgan fingerprint density at radius 3 is 2.33 bits per heavy atom. The number of hydrogen-bond acceptors (Lipinski definition) is 1. The average molecular weight is 211 g/mol. The largest absolute Gasteiger partial charge is 0.356 e. The van der Waals surface area contributed by atoms with Gasteiger partial charge in [0.15, 0.2) is 0 Å². The fraction of sp³-hybridized carbons (Fsp3) is 0.923. The Kier molecular flexibility index (Phi) is 4.18. The van der Waals surface area contributed by atoms with Gasteiger partial charge in [0, 0.05) is 12.5 Å². The Morgan fingerprint density at radius 2 is 1.87 bits per heavy atom. The van der Waals surface area contributed by atoms with Gasteiger partial charge >= 0.3 is 0 Å². The van der Waals surface area contributed by atoms with Gasteiger partial charge in [-0.05, 0) is 37.0 Å². The van der Waals surface area contributed by atoms with E-state index < -0.39 is 0 Å². The van der Waals surface area contributed by atoms with Crippen molar-refractivity contribution in [3.63, 3.8) is 0 Å². The van der Waals surface area contributed by atoms with Gasteiger partial charge in [0.2, 0.25) is 5.91 Å². The van der Waals surface area contributed by atoms with E-state index >= 15 is 0 Å². The molecule has 2 heteroatoms. The number of amides is 1. The molecular formula is C13H25NO. The van der Waals surface area contributed by atoms with Crippen LogP contribution in [0.15, 0.2) is 0 Å². The molecule has 1 N–H and O–H groups in total. The van der Waals surface area contributed by atoms with Crippen LogP contribution in [-0.4, -0.2) is 12.5 Å². The quantitative estimate of drug-likeness (QED) is 0.764. The smallest absolute Gasteiger partial charge is 0.223 e. The second-order valence-electron chi connectivity index (χ2n) is 6.08. The Bertz CT molecular complexity index is 211. The Balaban J connectivity index is 2.30. The van der Waals surface area contributed by atoms with E-state index in [1.807, 2.05) is 0 Å². The molecule has 0 aromatic heterocycles. The summed E-state index contributed by atoms with van der Waals surface area (Å²) in [5, 5.41) is 3.04. The second-order valence-corrected chi connectivity index (χ2v) is 6.08. The lowest BCUT2D eigenvalue weighted by Gasteiger charge is -2.33. The minimum absolute atomic E-state index is 0.275. The summed E-state index contributed by atoms with van der Waals surface area (Å²) in [5.41, 5.74) is 0.453. The molecule has 0 unspecified atom stereocenters. The van der Waals surface area contributed by atoms with Gasteiger partial charge in [0.1, 0.15) is 0 Å². The molecule has 1 rings (SSSR count). The van der Waals surface area contributed by atoms with Gasteiger partial charge in [-0.25, -0.2) is 0 Å². The molecule has 0 aromatic rings. The molecule has 0 aliphatic heterocycles. The number of carbonyl (C=O) groups excluding carboxylic acids is 1. The monoisotopic (exact) mass is 211 g/mol. The predicted octanol–water partition coefficient (Wildman–Crippen LogP) is 2.98. The van der Waals surface area contributed by atoms with Crippen LogP contribution in [0.2, 0.25) is 0 Å². The maximum Gasteiger partial charge on any atom is 0.223 e. The third-order valence-corrected chi connectivity index (χ3v) is 3.39. The number of carbonyl (C=O) groups is 1. The summed E-state index contributed by atoms with van der Waals surface area (Å²) in [6.07, 6.45) is 4.51. The molecule has 0 heterocycles. The molecule has 2 nitrogen and oxygen atoms in total. The van der Waals surface area contributed by atoms with Crippen molar-refractivity contribution >= 4 is 5.91 Å². The van der Waals surface area contributed by atoms with Gasteiger partial charge in [-0.15, -0.1) is 0 Å². The molecule has 15 heavy (non-hydrogen) atoms. The van der Waals surface area contributed by atoms with E-state index in [1.165, 1.54) is 12.8 Å². The Morgan fingerprint density at radius 1 is 1.33 bits per heavy atom. The molecule has 0 atom stereocenters. The highest BCUT2D eigenvalue weighted by molar-refractivity contribution is 5.78. The van der Waals surface area contributed by atoms with Gasteiger partial charge in [0.05, 0.1) is 0 Å². The third-order valence-electron chi connectivity index (χ3n) is 3.39. The minimum Gasteiger partial charge on any atom is -0.356 e. The number of hydrogen-bond donors (Lipinski definition) is 1. The first-order valence-electron chi connectivity index (χ1n) is 6.18. The van der Waals surface area contributed by atoms with Crippen LogP contribution in [0, 0.1) is 17.3 Å². The van der Waals surface area contributed by atoms with E-state index in [2.05, 4.69) is 33.0 Å². The van der Waals surface area contributed by atoms with Crippen LogP contribution in [0.1, 0.15) is 53.4 Å². The summed E-state index contributed by atoms with van der Waals surface area (Å²) >= 11 is 0. The molecule has 0 saturated heterocycles. The summed E-state index contributed by atoms with van der Waals surface area (Å²) in [6.45, 7) is 9.68. The van der Waals surface area contributed by atoms with Gasteiger partial charge in [-0.3, -0.25) is 4.79 Å². The van der Waals surface area contributed by atoms with Gasteiger partial charge in [-0.1, -0.05) is 27.7 Å². The molecule has 1 aliphatic carbocycles. The first kappa shape index (κ1) is 12.5. The van der Waals surface area contributed by atoms with Gasteiger partial charge in [-0.2, -0.15) is 0 Å². The molecular weight excluding hydrogens is 186 g/mol. The topological polar surface area (TPSA) is 29.1 Å². The summed E-state index contributed by atoms with van der Waals surface area (Å²) in [4.78, 5) is 11.8. The first-order chi connectivity index (χ1) is 6.91. The first-order valence-corrected chi connectivity index (χ1v) is 6.18. The van der Waals surface area contributed by atoms with Crippen LogP contribution < -0.4 is 5.32 Å². The Hall–Kier alpha value is -0.530. The standard InChI is InChI=1S/C13H25NO/c1-10(2)9-14-12(15)11-5-7-13(3,4)8-6-11/h10-11H,5-9H2,1-4H3,(H,14,15). The zero-order chi connectivity index (χ0) is 11.5. The van der Waals surface area contributed by atoms with Crippen molar-refractivity contribution in [1.29, 1.82) is 0 Å². The van der Waals surface area contributed by atoms with Crippen LogP contribution in [0.3, 0.4) is 0 Å². The fourth-order valence-electron chi connectivity index (χ4n) is 2.11. The van der Waals surface area contributed by atoms with Crippen LogP contribution in [0.25, 0.3) is 0 Å². The SMILES string of the molecule is CC(C)CNC(=O)C1CCC(C)(C)CC1. The third kappa shape index (κ3) is 4.23. The molecule has 1 amide bonds. The van der Waals surface area contributed by atoms with E-state index in [0.29, 0.717) is 11.3 Å². The van der Waals surface area contributed by atoms with Crippen molar-refractivity contribution in [2.24, 2.45) is 17.3 Å². The highest BCUT2D eigenvalue weighted by Gasteiger charge is 2.30. The zero-order valence-electron chi connectivity index (χ0n) is 10.6. The Labute approximate surface area is 93.8 Å². The molecule has 0 radical (unpaired) electrons. The van der Waals surface area contributed by atoms with Gasteiger partial charge < -0.3 is 5.32 Å². The lowest BCUT2D eigenvalue weighted by Crippen LogP contribution is -2.36. The maximum atomic E-state index is 11.8. The highest BCUT2D eigenvalue weighted by Crippen LogP contribution is 2.37. The van der Waals surface area contributed by atoms with Gasteiger partial charge in [0.25, 0.3) is 0 Å². The number of rotatable bonds is 3. The van der Waals surface area contributed by atoms with Crippen LogP contribution >= 0.6 is 0 Å². The lowest BCUT2D eigenvalue weighted by atomic mass is 9.73. The summed E-state index contributed by atoms with van der Waals surface area (Å²) in [5.74, 6) is 1.10. The van der Waals surface area contributed by atoms with Crippen LogP contribution in [0.5, 0.6) is 0 Å². The van der Waals surface area contributed by atoms with Crippen molar-refractivity contribution in [3.8, 4) is 0 Å². The van der Waals surface area contributed by atoms with Crippen molar-refractivity contribution in [3.05, 3.63) is 0 Å². The van der Waals surface area contributed by atoms with E-state index in [-0.39, 0.29) is 11.8 Å². The maximum absolute atomic E-state index is 11.8. The molecule has 0 bridgehead atoms. The molecule has 88 valence electrons. The molecule has 0 spiro atoms. The van der Waals surface area contributed by atoms with Crippen molar-refractivity contribution in [1.82, 2.24) is 5.32 Å². The molecule has 0 aromatic carbocycles. The lowest BCUT2D eigenvalue weighted by molar-refractivity contribution is -0.126. The van der Waals surface area contributed by atoms with E-state index in [1.54, 1.807) is 0 Å². The van der Waals surface area contributed by atoms with Crippen LogP contribution in [-0.2, 0) is 4.79 Å². The second kappa shape index (κ2) is 5.00. The zero-order valence-corrected chi connectivity index (χ0v) is 10.6. The summed E-state index contributed by atoms with van der Waals surface area (Å²) in [7, 11) is 0. The highest BCUT2D eigenvalue weighted by atomic mass is 16.1. The van der Waals surface area contributed by atoms with E-state index in [9.17, 15) is 4.79 Å². The van der Waals surface area contributed by atoms with Crippen molar-refractivity contribution < 1.29 is 4.79 Å². The van der Waals surface area contributed by atoms with E-state index in [0.717, 1.165) is 19.4 Å². The molecule has 1 saturated carbocycles. The van der Waals surface area contributed by atoms with E-state index in [4.69, 9.17) is 0 Å². The molecule has 1 aliphatic rings. The predicted molar refractivity (Wildman–Crippen MR) is 63.6 cm³/mol. The summed E-state index contributed by atoms with van der Waals surface area (Å²) < 4.78 is 0. The summed E-state index contributed by atoms with van der Waals surface area (Å²) in [6, 6.07) is 0.